The minimum atomic E-state index is -0.961. The van der Waals surface area contributed by atoms with Crippen LogP contribution in [0, 0.1) is 0 Å². The summed E-state index contributed by atoms with van der Waals surface area (Å²) in [5.41, 5.74) is 4.96. The Morgan fingerprint density at radius 1 is 0.975 bits per heavy atom. The van der Waals surface area contributed by atoms with Gasteiger partial charge in [-0.25, -0.2) is 9.78 Å². The second-order valence-corrected chi connectivity index (χ2v) is 11.1. The highest BCUT2D eigenvalue weighted by Gasteiger charge is 2.25. The molecule has 0 radical (unpaired) electrons. The number of nitrogens with zero attached hydrogens (tertiary/aromatic N) is 2. The van der Waals surface area contributed by atoms with Crippen LogP contribution in [0.15, 0.2) is 108 Å². The van der Waals surface area contributed by atoms with Crippen molar-refractivity contribution < 1.29 is 9.90 Å². The fourth-order valence-electron chi connectivity index (χ4n) is 4.97. The maximum Gasteiger partial charge on any atom is 0.332 e. The maximum absolute atomic E-state index is 12.9. The summed E-state index contributed by atoms with van der Waals surface area (Å²) in [6.45, 7) is 2.67. The molecule has 5 rings (SSSR count). The van der Waals surface area contributed by atoms with Gasteiger partial charge in [-0.3, -0.25) is 0 Å². The molecule has 1 N–H and O–H groups in total. The van der Waals surface area contributed by atoms with E-state index in [0.29, 0.717) is 11.6 Å². The number of carbonyl (C=O) groups is 1. The van der Waals surface area contributed by atoms with Crippen LogP contribution < -0.4 is 0 Å². The lowest BCUT2D eigenvalue weighted by molar-refractivity contribution is -0.132. The van der Waals surface area contributed by atoms with Gasteiger partial charge in [0.1, 0.15) is 5.82 Å². The second-order valence-electron chi connectivity index (χ2n) is 9.73. The lowest BCUT2D eigenvalue weighted by Crippen LogP contribution is -2.14. The minimum absolute atomic E-state index is 0.289. The van der Waals surface area contributed by atoms with Gasteiger partial charge < -0.3 is 9.67 Å². The first kappa shape index (κ1) is 27.6. The van der Waals surface area contributed by atoms with E-state index in [4.69, 9.17) is 16.6 Å². The third-order valence-corrected chi connectivity index (χ3v) is 8.34. The number of imidazole rings is 1. The average Bonchev–Trinajstić information content (AvgIpc) is 3.64. The Labute approximate surface area is 244 Å². The lowest BCUT2D eigenvalue weighted by Gasteiger charge is -2.20. The summed E-state index contributed by atoms with van der Waals surface area (Å²) in [7, 11) is 0. The molecule has 0 spiro atoms. The highest BCUT2D eigenvalue weighted by atomic mass is 35.5. The number of rotatable bonds is 11. The molecule has 5 aromatic rings. The van der Waals surface area contributed by atoms with Gasteiger partial charge in [0.15, 0.2) is 0 Å². The van der Waals surface area contributed by atoms with E-state index in [9.17, 15) is 9.90 Å². The van der Waals surface area contributed by atoms with Gasteiger partial charge in [-0.15, -0.1) is 11.3 Å². The molecular formula is C34H31ClN2O2S. The number of hydrogen-bond acceptors (Lipinski definition) is 3. The number of aliphatic carboxylic acids is 1. The summed E-state index contributed by atoms with van der Waals surface area (Å²) in [5, 5.41) is 13.3. The molecule has 6 heteroatoms. The maximum atomic E-state index is 12.9. The molecule has 0 amide bonds. The smallest absolute Gasteiger partial charge is 0.332 e. The molecule has 1 atom stereocenters. The van der Waals surface area contributed by atoms with Crippen LogP contribution in [0.5, 0.6) is 0 Å². The summed E-state index contributed by atoms with van der Waals surface area (Å²) in [6.07, 6.45) is 6.42. The van der Waals surface area contributed by atoms with E-state index in [1.807, 2.05) is 72.8 Å². The summed E-state index contributed by atoms with van der Waals surface area (Å²) >= 11 is 8.21. The second kappa shape index (κ2) is 12.9. The molecule has 2 heterocycles. The summed E-state index contributed by atoms with van der Waals surface area (Å²) < 4.78 is 2.10. The molecule has 0 fully saturated rings. The first-order chi connectivity index (χ1) is 19.5. The molecule has 0 aliphatic carbocycles. The third-order valence-electron chi connectivity index (χ3n) is 7.05. The predicted molar refractivity (Wildman–Crippen MR) is 165 cm³/mol. The molecule has 202 valence electrons. The van der Waals surface area contributed by atoms with Crippen LogP contribution in [-0.2, 0) is 17.8 Å². The highest BCUT2D eigenvalue weighted by molar-refractivity contribution is 7.13. The van der Waals surface area contributed by atoms with Gasteiger partial charge in [0.2, 0.25) is 0 Å². The van der Waals surface area contributed by atoms with Gasteiger partial charge in [0.25, 0.3) is 0 Å². The number of carboxylic acid groups (broad SMARTS) is 1. The van der Waals surface area contributed by atoms with Crippen molar-refractivity contribution in [1.29, 1.82) is 0 Å². The zero-order chi connectivity index (χ0) is 27.9. The fourth-order valence-corrected chi connectivity index (χ4v) is 5.89. The van der Waals surface area contributed by atoms with Crippen LogP contribution in [0.4, 0.5) is 0 Å². The summed E-state index contributed by atoms with van der Waals surface area (Å²) in [5.74, 6) is -0.495. The van der Waals surface area contributed by atoms with Gasteiger partial charge in [-0.2, -0.15) is 0 Å². The van der Waals surface area contributed by atoms with E-state index in [0.717, 1.165) is 53.0 Å². The van der Waals surface area contributed by atoms with Crippen LogP contribution >= 0.6 is 22.9 Å². The van der Waals surface area contributed by atoms with E-state index in [1.54, 1.807) is 23.6 Å². The quantitative estimate of drug-likeness (QED) is 0.162. The van der Waals surface area contributed by atoms with Crippen molar-refractivity contribution >= 4 is 35.0 Å². The fraction of sp³-hybridized carbons (Fsp3) is 0.176. The number of aromatic nitrogens is 2. The predicted octanol–water partition coefficient (Wildman–Crippen LogP) is 8.96. The van der Waals surface area contributed by atoms with Crippen LogP contribution in [0.25, 0.3) is 16.5 Å². The average molecular weight is 567 g/mol. The van der Waals surface area contributed by atoms with Gasteiger partial charge in [-0.1, -0.05) is 104 Å². The van der Waals surface area contributed by atoms with Crippen molar-refractivity contribution in [2.45, 2.75) is 38.6 Å². The Balaban J connectivity index is 1.61. The SMILES string of the molecule is CCCCc1ncc(/C=C(/C(=O)O)C(c2ccccc2)c2ccc(-c3cccs3)cc2)n1Cc1ccccc1Cl. The van der Waals surface area contributed by atoms with Crippen molar-refractivity contribution in [3.8, 4) is 10.4 Å². The molecule has 0 saturated heterocycles. The molecular weight excluding hydrogens is 536 g/mol. The molecule has 0 aliphatic rings. The molecule has 0 aliphatic heterocycles. The van der Waals surface area contributed by atoms with Crippen LogP contribution in [0.2, 0.25) is 5.02 Å². The van der Waals surface area contributed by atoms with E-state index in [1.165, 1.54) is 4.88 Å². The van der Waals surface area contributed by atoms with Crippen molar-refractivity contribution in [3.63, 3.8) is 0 Å². The van der Waals surface area contributed by atoms with Crippen molar-refractivity contribution in [2.24, 2.45) is 0 Å². The molecule has 0 saturated carbocycles. The number of halogens is 1. The number of carboxylic acids is 1. The number of benzene rings is 3. The topological polar surface area (TPSA) is 55.1 Å². The molecule has 4 nitrogen and oxygen atoms in total. The van der Waals surface area contributed by atoms with Crippen LogP contribution in [0.3, 0.4) is 0 Å². The van der Waals surface area contributed by atoms with Crippen LogP contribution in [-0.4, -0.2) is 20.6 Å². The molecule has 3 aromatic carbocycles. The Hall–Kier alpha value is -3.93. The summed E-state index contributed by atoms with van der Waals surface area (Å²) in [4.78, 5) is 18.8. The van der Waals surface area contributed by atoms with Crippen molar-refractivity contribution in [3.05, 3.63) is 141 Å². The molecule has 2 aromatic heterocycles. The van der Waals surface area contributed by atoms with Crippen LogP contribution in [0.1, 0.15) is 53.9 Å². The molecule has 40 heavy (non-hydrogen) atoms. The number of hydrogen-bond donors (Lipinski definition) is 1. The van der Waals surface area contributed by atoms with E-state index in [-0.39, 0.29) is 5.57 Å². The number of aryl methyl sites for hydroxylation is 1. The monoisotopic (exact) mass is 566 g/mol. The Bertz CT molecular complexity index is 1590. The Kier molecular flexibility index (Phi) is 8.94. The first-order valence-corrected chi connectivity index (χ1v) is 14.7. The molecule has 1 unspecified atom stereocenters. The Morgan fingerprint density at radius 3 is 2.38 bits per heavy atom. The van der Waals surface area contributed by atoms with Gasteiger partial charge in [0, 0.05) is 22.2 Å². The zero-order valence-corrected chi connectivity index (χ0v) is 23.9. The van der Waals surface area contributed by atoms with Gasteiger partial charge >= 0.3 is 5.97 Å². The number of thiophene rings is 1. The largest absolute Gasteiger partial charge is 0.478 e. The zero-order valence-electron chi connectivity index (χ0n) is 22.3. The molecule has 0 bridgehead atoms. The minimum Gasteiger partial charge on any atom is -0.478 e. The van der Waals surface area contributed by atoms with E-state index in [2.05, 4.69) is 35.1 Å². The highest BCUT2D eigenvalue weighted by Crippen LogP contribution is 2.35. The number of unbranched alkanes of at least 4 members (excludes halogenated alkanes) is 1. The van der Waals surface area contributed by atoms with Crippen molar-refractivity contribution in [1.82, 2.24) is 9.55 Å². The Morgan fingerprint density at radius 2 is 1.70 bits per heavy atom. The standard InChI is InChI=1S/C34H31ClN2O2S/c1-2-3-15-32-36-22-28(37(32)23-27-12-7-8-13-30(27)35)21-29(34(38)39)33(25-10-5-4-6-11-25)26-18-16-24(17-19-26)31-14-9-20-40-31/h4-14,16-22,33H,2-3,15,23H2,1H3,(H,38,39)/b29-21+. The van der Waals surface area contributed by atoms with E-state index < -0.39 is 11.9 Å². The van der Waals surface area contributed by atoms with Crippen molar-refractivity contribution in [2.75, 3.05) is 0 Å². The van der Waals surface area contributed by atoms with Gasteiger partial charge in [0.05, 0.1) is 24.0 Å². The normalized spacial score (nSPS) is 12.4. The summed E-state index contributed by atoms with van der Waals surface area (Å²) in [6, 6.07) is 29.9. The third kappa shape index (κ3) is 6.27. The van der Waals surface area contributed by atoms with E-state index >= 15 is 0 Å². The lowest BCUT2D eigenvalue weighted by atomic mass is 9.84. The van der Waals surface area contributed by atoms with Gasteiger partial charge in [-0.05, 0) is 52.3 Å². The first-order valence-electron chi connectivity index (χ1n) is 13.5.